The van der Waals surface area contributed by atoms with Gasteiger partial charge in [0.15, 0.2) is 0 Å². The molecule has 0 bridgehead atoms. The Morgan fingerprint density at radius 1 is 0.896 bits per heavy atom. The van der Waals surface area contributed by atoms with E-state index in [2.05, 4.69) is 56.3 Å². The molecule has 1 rings (SSSR count). The second kappa shape index (κ2) is 32.2. The van der Waals surface area contributed by atoms with Crippen LogP contribution in [0.1, 0.15) is 99.3 Å². The van der Waals surface area contributed by atoms with Gasteiger partial charge in [0.25, 0.3) is 5.91 Å². The summed E-state index contributed by atoms with van der Waals surface area (Å²) in [4.78, 5) is 117. The zero-order valence-electron chi connectivity index (χ0n) is 39.9. The molecule has 3 unspecified atom stereocenters. The molecule has 0 aromatic rings. The lowest BCUT2D eigenvalue weighted by atomic mass is 9.83. The van der Waals surface area contributed by atoms with Gasteiger partial charge in [-0.25, -0.2) is 9.59 Å². The molecular formula is C46H73N9O12. The van der Waals surface area contributed by atoms with Crippen molar-refractivity contribution in [3.05, 3.63) is 60.4 Å². The maximum absolute atomic E-state index is 14.2. The van der Waals surface area contributed by atoms with E-state index in [1.54, 1.807) is 26.0 Å². The number of ether oxygens (including phenoxy) is 3. The average Bonchev–Trinajstić information content (AvgIpc) is 3.28. The summed E-state index contributed by atoms with van der Waals surface area (Å²) in [7, 11) is 1.45. The fourth-order valence-corrected chi connectivity index (χ4v) is 6.11. The van der Waals surface area contributed by atoms with Crippen molar-refractivity contribution in [3.8, 4) is 0 Å². The molecule has 0 saturated heterocycles. The third-order valence-corrected chi connectivity index (χ3v) is 10.4. The number of amides is 9. The van der Waals surface area contributed by atoms with Crippen LogP contribution in [0.3, 0.4) is 0 Å². The number of carbonyl (C=O) groups excluding carboxylic acids is 9. The Morgan fingerprint density at radius 2 is 1.58 bits per heavy atom. The highest BCUT2D eigenvalue weighted by atomic mass is 16.6. The summed E-state index contributed by atoms with van der Waals surface area (Å²) in [6, 6.07) is -4.68. The molecule has 1 aliphatic rings. The third-order valence-electron chi connectivity index (χ3n) is 10.4. The first-order valence-electron chi connectivity index (χ1n) is 22.6. The Hall–Kier alpha value is -6.51. The molecule has 1 aliphatic heterocycles. The highest BCUT2D eigenvalue weighted by Crippen LogP contribution is 2.31. The molecule has 0 radical (unpaired) electrons. The number of carbonyl (C=O) groups is 9. The maximum atomic E-state index is 14.2. The van der Waals surface area contributed by atoms with Crippen LogP contribution in [0, 0.1) is 11.3 Å². The van der Waals surface area contributed by atoms with Crippen molar-refractivity contribution in [2.24, 2.45) is 22.8 Å². The highest BCUT2D eigenvalue weighted by Gasteiger charge is 2.43. The first-order valence-corrected chi connectivity index (χ1v) is 22.6. The molecule has 1 heterocycles. The number of rotatable bonds is 19. The van der Waals surface area contributed by atoms with Gasteiger partial charge in [0.2, 0.25) is 23.6 Å². The smallest absolute Gasteiger partial charge is 0.325 e. The van der Waals surface area contributed by atoms with Crippen LogP contribution in [-0.4, -0.2) is 117 Å². The lowest BCUT2D eigenvalue weighted by Gasteiger charge is -2.35. The number of unbranched alkanes of at least 4 members (excludes halogenated alkanes) is 2. The minimum atomic E-state index is -1.56. The van der Waals surface area contributed by atoms with Crippen molar-refractivity contribution in [1.82, 2.24) is 37.2 Å². The van der Waals surface area contributed by atoms with Crippen LogP contribution in [0.25, 0.3) is 0 Å². The predicted octanol–water partition coefficient (Wildman–Crippen LogP) is 1.84. The molecule has 6 atom stereocenters. The van der Waals surface area contributed by atoms with Gasteiger partial charge >= 0.3 is 24.0 Å². The number of cyclic esters (lactones) is 2. The Bertz CT molecular complexity index is 1830. The normalized spacial score (nSPS) is 22.9. The van der Waals surface area contributed by atoms with E-state index in [0.717, 1.165) is 31.8 Å². The first kappa shape index (κ1) is 58.5. The number of methoxy groups -OCH3 is 1. The van der Waals surface area contributed by atoms with E-state index in [0.29, 0.717) is 6.42 Å². The SMILES string of the molecule is CC/C=C1/NC(=O)/C=C/[C@@H](C(C)CC)OC(=O)C(C)(C)C(C[C@H](/C=C/C=C/C/C=C\CCCC)OC)OC(=O)CNC(=O)C(CNC(N)=O)NC(=O)CNC(=O)[C@@H](CCCNC(N)=O)NC1=O. The lowest BCUT2D eigenvalue weighted by molar-refractivity contribution is -0.176. The van der Waals surface area contributed by atoms with Crippen LogP contribution in [0.15, 0.2) is 60.4 Å². The second-order valence-electron chi connectivity index (χ2n) is 16.3. The van der Waals surface area contributed by atoms with Gasteiger partial charge in [0.05, 0.1) is 18.1 Å². The predicted molar refractivity (Wildman–Crippen MR) is 250 cm³/mol. The quantitative estimate of drug-likeness (QED) is 0.0295. The molecule has 0 fully saturated rings. The van der Waals surface area contributed by atoms with E-state index in [1.807, 2.05) is 19.1 Å². The summed E-state index contributed by atoms with van der Waals surface area (Å²) in [5, 5.41) is 16.7. The first-order chi connectivity index (χ1) is 31.8. The summed E-state index contributed by atoms with van der Waals surface area (Å²) < 4.78 is 17.6. The number of urea groups is 2. The summed E-state index contributed by atoms with van der Waals surface area (Å²) in [6.07, 6.45) is 17.3. The van der Waals surface area contributed by atoms with Crippen LogP contribution in [-0.2, 0) is 47.8 Å². The average molecular weight is 944 g/mol. The molecule has 0 saturated carbocycles. The molecule has 21 nitrogen and oxygen atoms in total. The summed E-state index contributed by atoms with van der Waals surface area (Å²) in [6.45, 7) is 8.56. The van der Waals surface area contributed by atoms with Gasteiger partial charge in [-0.2, -0.15) is 0 Å². The van der Waals surface area contributed by atoms with Crippen molar-refractivity contribution in [1.29, 1.82) is 0 Å². The molecule has 0 aromatic heterocycles. The van der Waals surface area contributed by atoms with E-state index in [-0.39, 0.29) is 43.8 Å². The van der Waals surface area contributed by atoms with E-state index in [4.69, 9.17) is 25.7 Å². The van der Waals surface area contributed by atoms with Gasteiger partial charge in [-0.3, -0.25) is 33.6 Å². The number of esters is 2. The second-order valence-corrected chi connectivity index (χ2v) is 16.3. The van der Waals surface area contributed by atoms with Crippen molar-refractivity contribution >= 4 is 53.5 Å². The monoisotopic (exact) mass is 944 g/mol. The molecule has 11 N–H and O–H groups in total. The molecule has 0 aliphatic carbocycles. The van der Waals surface area contributed by atoms with E-state index in [9.17, 15) is 43.2 Å². The number of hydrogen-bond acceptors (Lipinski definition) is 12. The minimum absolute atomic E-state index is 0.0339. The van der Waals surface area contributed by atoms with Crippen molar-refractivity contribution < 1.29 is 57.4 Å². The number of nitrogens with one attached hydrogen (secondary N) is 7. The number of primary amides is 2. The zero-order valence-corrected chi connectivity index (χ0v) is 39.9. The Morgan fingerprint density at radius 3 is 2.22 bits per heavy atom. The Labute approximate surface area is 393 Å². The van der Waals surface area contributed by atoms with Gasteiger partial charge in [-0.1, -0.05) is 83.1 Å². The van der Waals surface area contributed by atoms with Crippen LogP contribution in [0.4, 0.5) is 9.59 Å². The molecule has 374 valence electrons. The van der Waals surface area contributed by atoms with Gasteiger partial charge in [-0.15, -0.1) is 0 Å². The summed E-state index contributed by atoms with van der Waals surface area (Å²) >= 11 is 0. The summed E-state index contributed by atoms with van der Waals surface area (Å²) in [5.74, 6) is -6.44. The number of allylic oxidation sites excluding steroid dienone is 6. The Balaban J connectivity index is 3.72. The van der Waals surface area contributed by atoms with Crippen LogP contribution >= 0.6 is 0 Å². The minimum Gasteiger partial charge on any atom is -0.460 e. The molecular weight excluding hydrogens is 871 g/mol. The topological polar surface area (TPSA) is 318 Å². The highest BCUT2D eigenvalue weighted by molar-refractivity contribution is 6.02. The number of nitrogens with two attached hydrogens (primary N) is 2. The summed E-state index contributed by atoms with van der Waals surface area (Å²) in [5.41, 5.74) is 8.59. The fraction of sp³-hybridized carbons (Fsp3) is 0.587. The molecule has 0 aromatic carbocycles. The zero-order chi connectivity index (χ0) is 50.4. The number of hydrogen-bond donors (Lipinski definition) is 9. The van der Waals surface area contributed by atoms with Gasteiger partial charge in [-0.05, 0) is 64.4 Å². The lowest BCUT2D eigenvalue weighted by Crippen LogP contribution is -2.56. The van der Waals surface area contributed by atoms with Crippen molar-refractivity contribution in [3.63, 3.8) is 0 Å². The Kier molecular flexibility index (Phi) is 28.1. The van der Waals surface area contributed by atoms with E-state index in [1.165, 1.54) is 33.1 Å². The molecule has 67 heavy (non-hydrogen) atoms. The largest absolute Gasteiger partial charge is 0.460 e. The van der Waals surface area contributed by atoms with E-state index >= 15 is 0 Å². The van der Waals surface area contributed by atoms with Crippen molar-refractivity contribution in [2.75, 3.05) is 33.3 Å². The maximum Gasteiger partial charge on any atom is 0.325 e. The third kappa shape index (κ3) is 24.0. The van der Waals surface area contributed by atoms with Gasteiger partial charge in [0.1, 0.15) is 36.5 Å². The molecule has 21 heteroatoms. The van der Waals surface area contributed by atoms with E-state index < -0.39 is 109 Å². The molecule has 9 amide bonds. The van der Waals surface area contributed by atoms with Crippen LogP contribution in [0.2, 0.25) is 0 Å². The standard InChI is InChI=1S/C46H73N9O12/c1-8-11-12-13-14-15-16-17-18-21-31(65-7)26-36-46(5,6)43(62)66-35(30(4)10-3)23-24-37(56)53-32(20-9-2)42(61)55-33(22-19-25-49-44(47)63)40(59)50-28-38(57)54-34(27-52-45(48)64)41(60)51-29-39(58)67-36/h13-14,16-18,20-21,23-24,30-31,33-36H,8-12,15,19,22,25-29H2,1-7H3,(H,50,59)(H,51,60)(H,53,56)(H,54,57)(H,55,61)(H3,47,49,63)(H3,48,52,64)/b14-13-,17-16+,21-18+,24-23+,32-20+/t30?,31-,33+,34?,35-,36?/m0/s1. The van der Waals surface area contributed by atoms with Gasteiger partial charge in [0, 0.05) is 32.7 Å². The van der Waals surface area contributed by atoms with Crippen molar-refractivity contribution in [2.45, 2.75) is 130 Å². The van der Waals surface area contributed by atoms with Crippen LogP contribution < -0.4 is 48.7 Å². The fourth-order valence-electron chi connectivity index (χ4n) is 6.11. The van der Waals surface area contributed by atoms with Gasteiger partial charge < -0.3 is 62.9 Å². The molecule has 0 spiro atoms. The van der Waals surface area contributed by atoms with Crippen LogP contribution in [0.5, 0.6) is 0 Å².